The number of hydrogen-bond donors (Lipinski definition) is 0. The Hall–Kier alpha value is -2.59. The zero-order valence-electron chi connectivity index (χ0n) is 16.3. The van der Waals surface area contributed by atoms with Crippen molar-refractivity contribution in [2.75, 3.05) is 0 Å². The third-order valence-corrected chi connectivity index (χ3v) is 5.84. The lowest BCUT2D eigenvalue weighted by atomic mass is 9.66. The van der Waals surface area contributed by atoms with Crippen LogP contribution in [0.15, 0.2) is 66.9 Å². The molecule has 2 atom stereocenters. The number of cyclic esters (lactones) is 1. The lowest BCUT2D eigenvalue weighted by Gasteiger charge is -2.31. The van der Waals surface area contributed by atoms with Crippen molar-refractivity contribution in [2.45, 2.75) is 38.8 Å². The summed E-state index contributed by atoms with van der Waals surface area (Å²) in [6, 6.07) is 20.0. The molecule has 0 aliphatic carbocycles. The second kappa shape index (κ2) is 7.80. The zero-order chi connectivity index (χ0) is 19.0. The molecule has 3 aromatic rings. The minimum atomic E-state index is -0.801. The molecular weight excluding hydrogens is 372 g/mol. The van der Waals surface area contributed by atoms with Crippen LogP contribution in [0, 0.1) is 19.8 Å². The number of halogens is 1. The van der Waals surface area contributed by atoms with Gasteiger partial charge in [-0.25, -0.2) is 0 Å². The number of carbonyl (C=O) groups excluding carboxylic acids is 1. The summed E-state index contributed by atoms with van der Waals surface area (Å²) >= 11 is 0. The van der Waals surface area contributed by atoms with Gasteiger partial charge in [0.05, 0.1) is 12.2 Å². The Balaban J connectivity index is 0.00000225. The summed E-state index contributed by atoms with van der Waals surface area (Å²) in [4.78, 5) is 13.3. The molecule has 0 saturated carbocycles. The number of nitrogens with zero attached hydrogens (tertiary/aromatic N) is 2. The number of aromatic nitrogens is 2. The topological polar surface area (TPSA) is 44.1 Å². The van der Waals surface area contributed by atoms with E-state index in [4.69, 9.17) is 4.74 Å². The van der Waals surface area contributed by atoms with Crippen LogP contribution in [0.1, 0.15) is 29.3 Å². The van der Waals surface area contributed by atoms with E-state index < -0.39 is 5.41 Å². The molecule has 2 unspecified atom stereocenters. The van der Waals surface area contributed by atoms with Gasteiger partial charge in [0.1, 0.15) is 11.5 Å². The first kappa shape index (κ1) is 20.2. The SMILES string of the molecule is Cc1cn(CC2OC(=O)C(c3ccccc3)(c3ccccc3)C2C)nc1C.Cl. The average Bonchev–Trinajstić information content (AvgIpc) is 3.13. The van der Waals surface area contributed by atoms with Gasteiger partial charge in [-0.2, -0.15) is 5.10 Å². The van der Waals surface area contributed by atoms with Crippen LogP contribution in [0.5, 0.6) is 0 Å². The fourth-order valence-corrected chi connectivity index (χ4v) is 4.22. The van der Waals surface area contributed by atoms with Crippen LogP contribution in [0.4, 0.5) is 0 Å². The quantitative estimate of drug-likeness (QED) is 0.611. The Morgan fingerprint density at radius 1 is 1.00 bits per heavy atom. The van der Waals surface area contributed by atoms with Crippen LogP contribution in [0.25, 0.3) is 0 Å². The summed E-state index contributed by atoms with van der Waals surface area (Å²) in [6.07, 6.45) is 1.78. The second-order valence-electron chi connectivity index (χ2n) is 7.39. The zero-order valence-corrected chi connectivity index (χ0v) is 17.1. The van der Waals surface area contributed by atoms with Crippen LogP contribution in [0.2, 0.25) is 0 Å². The largest absolute Gasteiger partial charge is 0.459 e. The van der Waals surface area contributed by atoms with Gasteiger partial charge in [0.25, 0.3) is 0 Å². The first-order chi connectivity index (χ1) is 13.0. The van der Waals surface area contributed by atoms with Gasteiger partial charge in [0.15, 0.2) is 0 Å². The van der Waals surface area contributed by atoms with Crippen molar-refractivity contribution in [3.05, 3.63) is 89.2 Å². The third-order valence-electron chi connectivity index (χ3n) is 5.84. The maximum Gasteiger partial charge on any atom is 0.321 e. The van der Waals surface area contributed by atoms with Crippen LogP contribution in [0.3, 0.4) is 0 Å². The van der Waals surface area contributed by atoms with Crippen molar-refractivity contribution >= 4 is 18.4 Å². The van der Waals surface area contributed by atoms with Gasteiger partial charge in [0, 0.05) is 12.1 Å². The van der Waals surface area contributed by atoms with Gasteiger partial charge in [-0.05, 0) is 30.5 Å². The predicted molar refractivity (Wildman–Crippen MR) is 112 cm³/mol. The van der Waals surface area contributed by atoms with E-state index in [1.807, 2.05) is 85.4 Å². The molecule has 4 rings (SSSR count). The standard InChI is InChI=1S/C23H24N2O2.ClH/c1-16-14-25(24-18(16)3)15-21-17(2)23(22(26)27-21,19-10-6-4-7-11-19)20-12-8-5-9-13-20;/h4-14,17,21H,15H2,1-3H3;1H. The van der Waals surface area contributed by atoms with Crippen molar-refractivity contribution in [1.29, 1.82) is 0 Å². The summed E-state index contributed by atoms with van der Waals surface area (Å²) in [6.45, 7) is 6.71. The highest BCUT2D eigenvalue weighted by Gasteiger charge is 2.57. The Morgan fingerprint density at radius 2 is 1.54 bits per heavy atom. The van der Waals surface area contributed by atoms with Crippen molar-refractivity contribution < 1.29 is 9.53 Å². The minimum absolute atomic E-state index is 0. The molecule has 0 N–H and O–H groups in total. The van der Waals surface area contributed by atoms with Crippen molar-refractivity contribution in [3.8, 4) is 0 Å². The molecule has 4 nitrogen and oxygen atoms in total. The summed E-state index contributed by atoms with van der Waals surface area (Å²) in [7, 11) is 0. The monoisotopic (exact) mass is 396 g/mol. The van der Waals surface area contributed by atoms with Gasteiger partial charge in [-0.1, -0.05) is 67.6 Å². The normalized spacial score (nSPS) is 20.5. The van der Waals surface area contributed by atoms with Crippen LogP contribution >= 0.6 is 12.4 Å². The maximum atomic E-state index is 13.3. The maximum absolute atomic E-state index is 13.3. The number of rotatable bonds is 4. The fraction of sp³-hybridized carbons (Fsp3) is 0.304. The summed E-state index contributed by atoms with van der Waals surface area (Å²) in [5, 5.41) is 4.55. The number of carbonyl (C=O) groups is 1. The number of benzene rings is 2. The molecule has 28 heavy (non-hydrogen) atoms. The average molecular weight is 397 g/mol. The van der Waals surface area contributed by atoms with Crippen molar-refractivity contribution in [2.24, 2.45) is 5.92 Å². The summed E-state index contributed by atoms with van der Waals surface area (Å²) in [5.41, 5.74) is 3.30. The van der Waals surface area contributed by atoms with Crippen LogP contribution < -0.4 is 0 Å². The highest BCUT2D eigenvalue weighted by Crippen LogP contribution is 2.47. The Labute approximate surface area is 171 Å². The van der Waals surface area contributed by atoms with E-state index in [9.17, 15) is 4.79 Å². The molecule has 0 amide bonds. The van der Waals surface area contributed by atoms with E-state index in [0.29, 0.717) is 6.54 Å². The van der Waals surface area contributed by atoms with Crippen molar-refractivity contribution in [3.63, 3.8) is 0 Å². The Kier molecular flexibility index (Phi) is 5.61. The molecule has 1 aliphatic heterocycles. The number of hydrogen-bond acceptors (Lipinski definition) is 3. The summed E-state index contributed by atoms with van der Waals surface area (Å²) < 4.78 is 7.85. The first-order valence-corrected chi connectivity index (χ1v) is 9.36. The van der Waals surface area contributed by atoms with E-state index in [1.54, 1.807) is 0 Å². The van der Waals surface area contributed by atoms with E-state index in [2.05, 4.69) is 12.0 Å². The molecule has 1 aromatic heterocycles. The number of esters is 1. The van der Waals surface area contributed by atoms with E-state index in [0.717, 1.165) is 22.4 Å². The van der Waals surface area contributed by atoms with Crippen molar-refractivity contribution in [1.82, 2.24) is 9.78 Å². The first-order valence-electron chi connectivity index (χ1n) is 9.36. The van der Waals surface area contributed by atoms with Crippen LogP contribution in [-0.2, 0) is 21.5 Å². The lowest BCUT2D eigenvalue weighted by Crippen LogP contribution is -2.39. The molecule has 0 radical (unpaired) electrons. The van der Waals surface area contributed by atoms with E-state index in [-0.39, 0.29) is 30.4 Å². The highest BCUT2D eigenvalue weighted by molar-refractivity contribution is 5.90. The molecule has 1 saturated heterocycles. The summed E-state index contributed by atoms with van der Waals surface area (Å²) in [5.74, 6) is -0.211. The van der Waals surface area contributed by atoms with Gasteiger partial charge in [0.2, 0.25) is 0 Å². The van der Waals surface area contributed by atoms with Gasteiger partial charge < -0.3 is 4.74 Å². The van der Waals surface area contributed by atoms with Gasteiger partial charge in [-0.15, -0.1) is 12.4 Å². The molecule has 5 heteroatoms. The second-order valence-corrected chi connectivity index (χ2v) is 7.39. The minimum Gasteiger partial charge on any atom is -0.459 e. The Morgan fingerprint density at radius 3 is 2.00 bits per heavy atom. The molecule has 0 spiro atoms. The molecule has 0 bridgehead atoms. The molecule has 1 fully saturated rings. The third kappa shape index (κ3) is 3.12. The molecular formula is C23H25ClN2O2. The van der Waals surface area contributed by atoms with Gasteiger partial charge in [-0.3, -0.25) is 9.48 Å². The number of ether oxygens (including phenoxy) is 1. The number of aryl methyl sites for hydroxylation is 2. The Bertz CT molecular complexity index is 894. The predicted octanol–water partition coefficient (Wildman–Crippen LogP) is 4.47. The fourth-order valence-electron chi connectivity index (χ4n) is 4.22. The molecule has 2 aromatic carbocycles. The van der Waals surface area contributed by atoms with Crippen LogP contribution in [-0.4, -0.2) is 21.9 Å². The lowest BCUT2D eigenvalue weighted by molar-refractivity contribution is -0.145. The molecule has 2 heterocycles. The smallest absolute Gasteiger partial charge is 0.321 e. The molecule has 146 valence electrons. The van der Waals surface area contributed by atoms with E-state index in [1.165, 1.54) is 0 Å². The van der Waals surface area contributed by atoms with Gasteiger partial charge >= 0.3 is 5.97 Å². The highest BCUT2D eigenvalue weighted by atomic mass is 35.5. The van der Waals surface area contributed by atoms with E-state index >= 15 is 0 Å². The molecule has 1 aliphatic rings.